The summed E-state index contributed by atoms with van der Waals surface area (Å²) in [5.74, 6) is 7.13. The van der Waals surface area contributed by atoms with Crippen LogP contribution in [0.4, 0.5) is 0 Å². The highest BCUT2D eigenvalue weighted by Gasteiger charge is 2.33. The molecule has 0 amide bonds. The Balaban J connectivity index is 1.43. The van der Waals surface area contributed by atoms with Gasteiger partial charge in [-0.15, -0.1) is 0 Å². The van der Waals surface area contributed by atoms with Gasteiger partial charge in [0.25, 0.3) is 0 Å². The molecule has 27 heavy (non-hydrogen) atoms. The number of pyridine rings is 2. The van der Waals surface area contributed by atoms with E-state index in [-0.39, 0.29) is 18.3 Å². The molecule has 0 aromatic carbocycles. The highest BCUT2D eigenvalue weighted by Crippen LogP contribution is 2.29. The molecule has 1 N–H and O–H groups in total. The quantitative estimate of drug-likeness (QED) is 0.557. The smallest absolute Gasteiger partial charge is 0.213 e. The van der Waals surface area contributed by atoms with Crippen LogP contribution in [0.5, 0.6) is 11.6 Å². The van der Waals surface area contributed by atoms with Crippen molar-refractivity contribution in [3.05, 3.63) is 46.8 Å². The number of halogens is 1. The lowest BCUT2D eigenvalue weighted by Gasteiger charge is -2.34. The summed E-state index contributed by atoms with van der Waals surface area (Å²) in [6.07, 6.45) is 4.04. The SMILES string of the molecule is CC(O)OC(C)C#Cc1ccc(OC2CC(Oc3ccc(Br)cn3)C2)cn1. The van der Waals surface area contributed by atoms with E-state index in [9.17, 15) is 0 Å². The number of aliphatic hydroxyl groups is 1. The van der Waals surface area contributed by atoms with E-state index in [2.05, 4.69) is 37.7 Å². The minimum atomic E-state index is -0.840. The van der Waals surface area contributed by atoms with Crippen LogP contribution in [0.3, 0.4) is 0 Å². The molecular weight excluding hydrogens is 412 g/mol. The van der Waals surface area contributed by atoms with E-state index in [1.165, 1.54) is 0 Å². The second kappa shape index (κ2) is 9.18. The summed E-state index contributed by atoms with van der Waals surface area (Å²) in [5.41, 5.74) is 0.625. The Hall–Kier alpha value is -2.14. The zero-order valence-electron chi connectivity index (χ0n) is 15.1. The van der Waals surface area contributed by atoms with Gasteiger partial charge in [0.05, 0.1) is 6.20 Å². The lowest BCUT2D eigenvalue weighted by atomic mass is 9.92. The molecule has 1 aliphatic rings. The molecular formula is C20H21BrN2O4. The van der Waals surface area contributed by atoms with Crippen LogP contribution in [0.15, 0.2) is 41.1 Å². The van der Waals surface area contributed by atoms with Crippen LogP contribution in [0.25, 0.3) is 0 Å². The van der Waals surface area contributed by atoms with Gasteiger partial charge in [0.1, 0.15) is 29.8 Å². The van der Waals surface area contributed by atoms with E-state index in [1.54, 1.807) is 32.3 Å². The molecule has 0 spiro atoms. The fourth-order valence-electron chi connectivity index (χ4n) is 2.53. The third-order valence-electron chi connectivity index (χ3n) is 3.88. The van der Waals surface area contributed by atoms with E-state index in [0.29, 0.717) is 17.3 Å². The molecule has 1 saturated carbocycles. The number of hydrogen-bond acceptors (Lipinski definition) is 6. The highest BCUT2D eigenvalue weighted by atomic mass is 79.9. The number of aromatic nitrogens is 2. The minimum Gasteiger partial charge on any atom is -0.489 e. The summed E-state index contributed by atoms with van der Waals surface area (Å²) in [6.45, 7) is 3.32. The summed E-state index contributed by atoms with van der Waals surface area (Å²) >= 11 is 3.35. The van der Waals surface area contributed by atoms with Crippen molar-refractivity contribution < 1.29 is 19.3 Å². The topological polar surface area (TPSA) is 73.7 Å². The molecule has 2 atom stereocenters. The van der Waals surface area contributed by atoms with Crippen molar-refractivity contribution in [2.45, 2.75) is 51.3 Å². The van der Waals surface area contributed by atoms with Gasteiger partial charge in [-0.25, -0.2) is 9.97 Å². The summed E-state index contributed by atoms with van der Waals surface area (Å²) < 4.78 is 17.8. The van der Waals surface area contributed by atoms with E-state index in [4.69, 9.17) is 19.3 Å². The van der Waals surface area contributed by atoms with Gasteiger partial charge in [-0.2, -0.15) is 0 Å². The zero-order valence-corrected chi connectivity index (χ0v) is 16.7. The highest BCUT2D eigenvalue weighted by molar-refractivity contribution is 9.10. The third kappa shape index (κ3) is 6.21. The van der Waals surface area contributed by atoms with Crippen molar-refractivity contribution in [1.29, 1.82) is 0 Å². The summed E-state index contributed by atoms with van der Waals surface area (Å²) in [5, 5.41) is 9.14. The first-order valence-electron chi connectivity index (χ1n) is 8.74. The monoisotopic (exact) mass is 432 g/mol. The molecule has 0 aliphatic heterocycles. The average Bonchev–Trinajstić information content (AvgIpc) is 2.60. The van der Waals surface area contributed by atoms with Gasteiger partial charge in [0.15, 0.2) is 6.29 Å². The zero-order chi connectivity index (χ0) is 19.2. The maximum Gasteiger partial charge on any atom is 0.213 e. The van der Waals surface area contributed by atoms with Crippen molar-refractivity contribution >= 4 is 15.9 Å². The van der Waals surface area contributed by atoms with Gasteiger partial charge in [-0.1, -0.05) is 5.92 Å². The van der Waals surface area contributed by atoms with Crippen LogP contribution in [0.2, 0.25) is 0 Å². The molecule has 1 aliphatic carbocycles. The first kappa shape index (κ1) is 19.6. The van der Waals surface area contributed by atoms with Gasteiger partial charge in [0, 0.05) is 29.6 Å². The van der Waals surface area contributed by atoms with Crippen molar-refractivity contribution in [1.82, 2.24) is 9.97 Å². The first-order chi connectivity index (χ1) is 13.0. The molecule has 2 heterocycles. The summed E-state index contributed by atoms with van der Waals surface area (Å²) in [6, 6.07) is 7.40. The van der Waals surface area contributed by atoms with E-state index >= 15 is 0 Å². The third-order valence-corrected chi connectivity index (χ3v) is 4.35. The number of nitrogens with zero attached hydrogens (tertiary/aromatic N) is 2. The molecule has 2 aromatic rings. The van der Waals surface area contributed by atoms with Crippen molar-refractivity contribution in [2.75, 3.05) is 0 Å². The van der Waals surface area contributed by atoms with Crippen LogP contribution in [-0.2, 0) is 4.74 Å². The molecule has 2 aromatic heterocycles. The van der Waals surface area contributed by atoms with Crippen LogP contribution in [-0.4, -0.2) is 39.7 Å². The largest absolute Gasteiger partial charge is 0.489 e. The van der Waals surface area contributed by atoms with Gasteiger partial charge in [-0.3, -0.25) is 0 Å². The van der Waals surface area contributed by atoms with E-state index < -0.39 is 6.29 Å². The van der Waals surface area contributed by atoms with Gasteiger partial charge < -0.3 is 19.3 Å². The molecule has 0 radical (unpaired) electrons. The predicted molar refractivity (Wildman–Crippen MR) is 103 cm³/mol. The Morgan fingerprint density at radius 2 is 1.85 bits per heavy atom. The standard InChI is InChI=1S/C20H21BrN2O4/c1-13(25-14(2)24)3-5-16-6-7-17(12-22-16)26-18-9-19(10-18)27-20-8-4-15(21)11-23-20/h4,6-8,11-14,18-19,24H,9-10H2,1-2H3. The number of hydrogen-bond donors (Lipinski definition) is 1. The van der Waals surface area contributed by atoms with Gasteiger partial charge in [0.2, 0.25) is 5.88 Å². The van der Waals surface area contributed by atoms with Crippen molar-refractivity contribution in [3.8, 4) is 23.5 Å². The lowest BCUT2D eigenvalue weighted by molar-refractivity contribution is -0.101. The van der Waals surface area contributed by atoms with Crippen LogP contribution >= 0.6 is 15.9 Å². The van der Waals surface area contributed by atoms with E-state index in [0.717, 1.165) is 17.3 Å². The molecule has 0 saturated heterocycles. The fraction of sp³-hybridized carbons (Fsp3) is 0.400. The normalized spacial score (nSPS) is 20.6. The molecule has 7 heteroatoms. The molecule has 142 valence electrons. The Labute approximate surface area is 167 Å². The lowest BCUT2D eigenvalue weighted by Crippen LogP contribution is -2.41. The predicted octanol–water partition coefficient (Wildman–Crippen LogP) is 3.32. The Bertz CT molecular complexity index is 793. The van der Waals surface area contributed by atoms with Gasteiger partial charge in [-0.05, 0) is 53.9 Å². The number of aliphatic hydroxyl groups excluding tert-OH is 1. The number of rotatable bonds is 6. The maximum absolute atomic E-state index is 9.14. The fourth-order valence-corrected chi connectivity index (χ4v) is 2.77. The number of ether oxygens (including phenoxy) is 3. The molecule has 3 rings (SSSR count). The molecule has 1 fully saturated rings. The summed E-state index contributed by atoms with van der Waals surface area (Å²) in [4.78, 5) is 8.48. The van der Waals surface area contributed by atoms with Crippen LogP contribution in [0.1, 0.15) is 32.4 Å². The van der Waals surface area contributed by atoms with Gasteiger partial charge >= 0.3 is 0 Å². The van der Waals surface area contributed by atoms with Crippen molar-refractivity contribution in [2.24, 2.45) is 0 Å². The molecule has 2 unspecified atom stereocenters. The van der Waals surface area contributed by atoms with Crippen molar-refractivity contribution in [3.63, 3.8) is 0 Å². The summed E-state index contributed by atoms with van der Waals surface area (Å²) in [7, 11) is 0. The molecule has 6 nitrogen and oxygen atoms in total. The maximum atomic E-state index is 9.14. The average molecular weight is 433 g/mol. The minimum absolute atomic E-state index is 0.114. The first-order valence-corrected chi connectivity index (χ1v) is 9.53. The van der Waals surface area contributed by atoms with Crippen LogP contribution < -0.4 is 9.47 Å². The Kier molecular flexibility index (Phi) is 6.67. The van der Waals surface area contributed by atoms with Crippen LogP contribution in [0, 0.1) is 11.8 Å². The second-order valence-corrected chi connectivity index (χ2v) is 7.21. The Morgan fingerprint density at radius 3 is 2.48 bits per heavy atom. The Morgan fingerprint density at radius 1 is 1.07 bits per heavy atom. The molecule has 0 bridgehead atoms. The second-order valence-electron chi connectivity index (χ2n) is 6.29. The van der Waals surface area contributed by atoms with E-state index in [1.807, 2.05) is 18.2 Å².